The average molecular weight is 254 g/mol. The number of halogens is 3. The van der Waals surface area contributed by atoms with E-state index >= 15 is 0 Å². The van der Waals surface area contributed by atoms with E-state index in [1.807, 2.05) is 0 Å². The van der Waals surface area contributed by atoms with Crippen molar-refractivity contribution in [3.05, 3.63) is 0 Å². The van der Waals surface area contributed by atoms with Crippen molar-refractivity contribution in [1.29, 1.82) is 0 Å². The number of urea groups is 1. The Hall–Kier alpha value is -0.980. The molecular formula is C10H17F3N2O2. The van der Waals surface area contributed by atoms with Crippen molar-refractivity contribution in [2.24, 2.45) is 5.92 Å². The summed E-state index contributed by atoms with van der Waals surface area (Å²) in [5, 5.41) is 13.8. The number of aliphatic hydroxyl groups excluding tert-OH is 1. The zero-order valence-corrected chi connectivity index (χ0v) is 9.60. The summed E-state index contributed by atoms with van der Waals surface area (Å²) in [6.45, 7) is 1.01. The van der Waals surface area contributed by atoms with Gasteiger partial charge in [-0.1, -0.05) is 0 Å². The molecule has 1 atom stereocenters. The first-order valence-electron chi connectivity index (χ1n) is 5.50. The minimum absolute atomic E-state index is 0.209. The van der Waals surface area contributed by atoms with Crippen molar-refractivity contribution in [2.45, 2.75) is 37.9 Å². The first kappa shape index (κ1) is 14.1. The standard InChI is InChI=1S/C10H17F3N2O2/c1-9(6-16,7-2-3-7)15-8(17)14-5-4-10(11,12)13/h7,16H,2-6H2,1H3,(H2,14,15,17). The number of amides is 2. The number of carbonyl (C=O) groups excluding carboxylic acids is 1. The molecule has 1 rings (SSSR count). The third kappa shape index (κ3) is 4.80. The molecule has 17 heavy (non-hydrogen) atoms. The molecule has 0 aromatic rings. The van der Waals surface area contributed by atoms with E-state index in [1.165, 1.54) is 0 Å². The second kappa shape index (κ2) is 5.12. The molecule has 0 aliphatic heterocycles. The SMILES string of the molecule is CC(CO)(NC(=O)NCCC(F)(F)F)C1CC1. The van der Waals surface area contributed by atoms with Crippen LogP contribution in [-0.2, 0) is 0 Å². The minimum atomic E-state index is -4.27. The van der Waals surface area contributed by atoms with E-state index in [2.05, 4.69) is 10.6 Å². The number of carbonyl (C=O) groups is 1. The summed E-state index contributed by atoms with van der Waals surface area (Å²) in [5.74, 6) is 0.209. The number of nitrogens with one attached hydrogen (secondary N) is 2. The fourth-order valence-electron chi connectivity index (χ4n) is 1.61. The summed E-state index contributed by atoms with van der Waals surface area (Å²) in [4.78, 5) is 11.3. The van der Waals surface area contributed by atoms with E-state index in [9.17, 15) is 23.1 Å². The number of hydrogen-bond acceptors (Lipinski definition) is 2. The van der Waals surface area contributed by atoms with Crippen LogP contribution in [0.2, 0.25) is 0 Å². The predicted octanol–water partition coefficient (Wildman–Crippen LogP) is 1.40. The van der Waals surface area contributed by atoms with Crippen LogP contribution in [0.25, 0.3) is 0 Å². The second-order valence-electron chi connectivity index (χ2n) is 4.60. The molecule has 3 N–H and O–H groups in total. The van der Waals surface area contributed by atoms with E-state index in [4.69, 9.17) is 0 Å². The highest BCUT2D eigenvalue weighted by Gasteiger charge is 2.42. The van der Waals surface area contributed by atoms with Gasteiger partial charge in [0.15, 0.2) is 0 Å². The lowest BCUT2D eigenvalue weighted by atomic mass is 9.97. The molecule has 0 heterocycles. The number of aliphatic hydroxyl groups is 1. The molecule has 0 aromatic carbocycles. The van der Waals surface area contributed by atoms with E-state index in [0.29, 0.717) is 0 Å². The van der Waals surface area contributed by atoms with Gasteiger partial charge in [-0.3, -0.25) is 0 Å². The molecule has 0 aromatic heterocycles. The van der Waals surface area contributed by atoms with Gasteiger partial charge in [0.1, 0.15) is 0 Å². The van der Waals surface area contributed by atoms with Gasteiger partial charge >= 0.3 is 12.2 Å². The first-order chi connectivity index (χ1) is 7.77. The third-order valence-electron chi connectivity index (χ3n) is 2.90. The van der Waals surface area contributed by atoms with E-state index in [-0.39, 0.29) is 12.5 Å². The minimum Gasteiger partial charge on any atom is -0.394 e. The molecule has 1 aliphatic carbocycles. The zero-order chi connectivity index (χ0) is 13.1. The summed E-state index contributed by atoms with van der Waals surface area (Å²) in [6.07, 6.45) is -3.50. The smallest absolute Gasteiger partial charge is 0.390 e. The van der Waals surface area contributed by atoms with Gasteiger partial charge in [-0.05, 0) is 25.7 Å². The fourth-order valence-corrected chi connectivity index (χ4v) is 1.61. The molecule has 7 heteroatoms. The van der Waals surface area contributed by atoms with Crippen LogP contribution in [-0.4, -0.2) is 36.0 Å². The topological polar surface area (TPSA) is 61.4 Å². The molecule has 4 nitrogen and oxygen atoms in total. The maximum Gasteiger partial charge on any atom is 0.390 e. The molecule has 100 valence electrons. The van der Waals surface area contributed by atoms with Crippen molar-refractivity contribution in [3.63, 3.8) is 0 Å². The van der Waals surface area contributed by atoms with Crippen LogP contribution in [0.1, 0.15) is 26.2 Å². The highest BCUT2D eigenvalue weighted by atomic mass is 19.4. The van der Waals surface area contributed by atoms with Gasteiger partial charge in [0.2, 0.25) is 0 Å². The van der Waals surface area contributed by atoms with Crippen molar-refractivity contribution in [2.75, 3.05) is 13.2 Å². The number of hydrogen-bond donors (Lipinski definition) is 3. The summed E-state index contributed by atoms with van der Waals surface area (Å²) < 4.78 is 35.5. The summed E-state index contributed by atoms with van der Waals surface area (Å²) in [6, 6.07) is -0.669. The van der Waals surface area contributed by atoms with Crippen LogP contribution in [0.4, 0.5) is 18.0 Å². The van der Waals surface area contributed by atoms with Gasteiger partial charge < -0.3 is 15.7 Å². The molecule has 1 fully saturated rings. The Bertz CT molecular complexity index is 279. The number of alkyl halides is 3. The molecule has 1 saturated carbocycles. The van der Waals surface area contributed by atoms with Crippen LogP contribution >= 0.6 is 0 Å². The Morgan fingerprint density at radius 1 is 1.41 bits per heavy atom. The van der Waals surface area contributed by atoms with Crippen molar-refractivity contribution in [3.8, 4) is 0 Å². The Labute approximate surface area is 97.6 Å². The second-order valence-corrected chi connectivity index (χ2v) is 4.60. The summed E-state index contributed by atoms with van der Waals surface area (Å²) >= 11 is 0. The van der Waals surface area contributed by atoms with Crippen LogP contribution < -0.4 is 10.6 Å². The van der Waals surface area contributed by atoms with E-state index < -0.39 is 30.7 Å². The van der Waals surface area contributed by atoms with E-state index in [0.717, 1.165) is 12.8 Å². The first-order valence-corrected chi connectivity index (χ1v) is 5.50. The number of rotatable bonds is 5. The summed E-state index contributed by atoms with van der Waals surface area (Å²) in [7, 11) is 0. The largest absolute Gasteiger partial charge is 0.394 e. The maximum absolute atomic E-state index is 11.8. The quantitative estimate of drug-likeness (QED) is 0.694. The zero-order valence-electron chi connectivity index (χ0n) is 9.60. The Morgan fingerprint density at radius 2 is 2.00 bits per heavy atom. The molecule has 0 spiro atoms. The Morgan fingerprint density at radius 3 is 2.41 bits per heavy atom. The van der Waals surface area contributed by atoms with Crippen LogP contribution in [0.3, 0.4) is 0 Å². The monoisotopic (exact) mass is 254 g/mol. The molecular weight excluding hydrogens is 237 g/mol. The van der Waals surface area contributed by atoms with E-state index in [1.54, 1.807) is 6.92 Å². The lowest BCUT2D eigenvalue weighted by molar-refractivity contribution is -0.132. The maximum atomic E-state index is 11.8. The van der Waals surface area contributed by atoms with Crippen LogP contribution in [0, 0.1) is 5.92 Å². The van der Waals surface area contributed by atoms with Gasteiger partial charge in [-0.25, -0.2) is 4.79 Å². The normalized spacial score (nSPS) is 19.6. The van der Waals surface area contributed by atoms with Crippen molar-refractivity contribution < 1.29 is 23.1 Å². The lowest BCUT2D eigenvalue weighted by Crippen LogP contribution is -2.54. The highest BCUT2D eigenvalue weighted by Crippen LogP contribution is 2.39. The fraction of sp³-hybridized carbons (Fsp3) is 0.900. The van der Waals surface area contributed by atoms with Gasteiger partial charge in [0.25, 0.3) is 0 Å². The predicted molar refractivity (Wildman–Crippen MR) is 55.4 cm³/mol. The van der Waals surface area contributed by atoms with Crippen LogP contribution in [0.5, 0.6) is 0 Å². The molecule has 0 radical (unpaired) electrons. The van der Waals surface area contributed by atoms with Crippen LogP contribution in [0.15, 0.2) is 0 Å². The third-order valence-corrected chi connectivity index (χ3v) is 2.90. The molecule has 1 aliphatic rings. The van der Waals surface area contributed by atoms with Crippen molar-refractivity contribution >= 4 is 6.03 Å². The van der Waals surface area contributed by atoms with Gasteiger partial charge in [0.05, 0.1) is 18.6 Å². The highest BCUT2D eigenvalue weighted by molar-refractivity contribution is 5.74. The van der Waals surface area contributed by atoms with Crippen molar-refractivity contribution in [1.82, 2.24) is 10.6 Å². The lowest BCUT2D eigenvalue weighted by Gasteiger charge is -2.28. The van der Waals surface area contributed by atoms with Gasteiger partial charge in [0, 0.05) is 6.54 Å². The Balaban J connectivity index is 2.28. The van der Waals surface area contributed by atoms with Gasteiger partial charge in [-0.15, -0.1) is 0 Å². The van der Waals surface area contributed by atoms with Gasteiger partial charge in [-0.2, -0.15) is 13.2 Å². The molecule has 0 bridgehead atoms. The summed E-state index contributed by atoms with van der Waals surface area (Å²) in [5.41, 5.74) is -0.734. The molecule has 1 unspecified atom stereocenters. The molecule has 0 saturated heterocycles. The average Bonchev–Trinajstić information content (AvgIpc) is 2.98. The Kier molecular flexibility index (Phi) is 4.24. The molecule has 2 amide bonds.